The van der Waals surface area contributed by atoms with Crippen molar-refractivity contribution in [2.45, 2.75) is 17.0 Å². The molecule has 1 N–H and O–H groups in total. The van der Waals surface area contributed by atoms with E-state index in [1.165, 1.54) is 24.7 Å². The van der Waals surface area contributed by atoms with Gasteiger partial charge in [0.15, 0.2) is 5.16 Å². The fraction of sp³-hybridized carbons (Fsp3) is 0.190. The van der Waals surface area contributed by atoms with Gasteiger partial charge in [-0.15, -0.1) is 0 Å². The van der Waals surface area contributed by atoms with Gasteiger partial charge in [0, 0.05) is 12.6 Å². The first kappa shape index (κ1) is 21.1. The van der Waals surface area contributed by atoms with Crippen molar-refractivity contribution in [3.8, 4) is 17.0 Å². The Morgan fingerprint density at radius 3 is 2.77 bits per heavy atom. The highest BCUT2D eigenvalue weighted by Gasteiger charge is 2.34. The molecule has 31 heavy (non-hydrogen) atoms. The molecule has 0 atom stereocenters. The fourth-order valence-corrected chi connectivity index (χ4v) is 5.18. The van der Waals surface area contributed by atoms with E-state index in [4.69, 9.17) is 4.74 Å². The molecule has 4 rings (SSSR count). The third-order valence-corrected chi connectivity index (χ3v) is 7.47. The van der Waals surface area contributed by atoms with Gasteiger partial charge in [-0.05, 0) is 31.2 Å². The molecule has 0 aliphatic carbocycles. The molecular formula is C21H20N4O4S2. The van der Waals surface area contributed by atoms with Crippen LogP contribution >= 0.6 is 11.8 Å². The van der Waals surface area contributed by atoms with Crippen LogP contribution in [0.5, 0.6) is 5.75 Å². The van der Waals surface area contributed by atoms with Gasteiger partial charge in [-0.3, -0.25) is 9.10 Å². The Hall–Kier alpha value is -3.11. The number of thioether (sulfide) groups is 1. The van der Waals surface area contributed by atoms with E-state index in [0.717, 1.165) is 22.9 Å². The minimum atomic E-state index is -3.74. The summed E-state index contributed by atoms with van der Waals surface area (Å²) in [4.78, 5) is 21.1. The number of nitrogens with zero attached hydrogens (tertiary/aromatic N) is 3. The van der Waals surface area contributed by atoms with Crippen molar-refractivity contribution in [1.82, 2.24) is 9.97 Å². The number of hydrogen-bond acceptors (Lipinski definition) is 7. The van der Waals surface area contributed by atoms with Crippen molar-refractivity contribution in [3.63, 3.8) is 0 Å². The second kappa shape index (κ2) is 8.20. The summed E-state index contributed by atoms with van der Waals surface area (Å²) in [5.74, 6) is 0.371. The molecule has 3 aromatic rings. The second-order valence-electron chi connectivity index (χ2n) is 6.90. The van der Waals surface area contributed by atoms with Crippen LogP contribution in [0.1, 0.15) is 5.56 Å². The number of carbonyl (C=O) groups excluding carboxylic acids is 1. The summed E-state index contributed by atoms with van der Waals surface area (Å²) in [5, 5.41) is 3.11. The van der Waals surface area contributed by atoms with E-state index in [-0.39, 0.29) is 16.6 Å². The van der Waals surface area contributed by atoms with Gasteiger partial charge < -0.3 is 10.1 Å². The highest BCUT2D eigenvalue weighted by atomic mass is 32.2. The van der Waals surface area contributed by atoms with E-state index in [9.17, 15) is 13.2 Å². The van der Waals surface area contributed by atoms with Crippen LogP contribution in [0.3, 0.4) is 0 Å². The smallest absolute Gasteiger partial charge is 0.267 e. The number of aromatic nitrogens is 2. The molecule has 8 nitrogen and oxygen atoms in total. The van der Waals surface area contributed by atoms with E-state index in [1.807, 2.05) is 25.1 Å². The summed E-state index contributed by atoms with van der Waals surface area (Å²) in [6.45, 7) is 1.93. The normalized spacial score (nSPS) is 13.8. The first-order chi connectivity index (χ1) is 14.8. The monoisotopic (exact) mass is 456 g/mol. The average Bonchev–Trinajstić information content (AvgIpc) is 2.76. The van der Waals surface area contributed by atoms with E-state index in [0.29, 0.717) is 28.0 Å². The molecule has 1 aliphatic heterocycles. The van der Waals surface area contributed by atoms with Crippen LogP contribution < -0.4 is 14.4 Å². The maximum atomic E-state index is 12.9. The zero-order chi connectivity index (χ0) is 22.2. The maximum absolute atomic E-state index is 12.9. The molecule has 0 unspecified atom stereocenters. The molecule has 10 heteroatoms. The molecule has 0 radical (unpaired) electrons. The SMILES string of the molecule is COc1ccccc1NC(=O)CSc1ncc2c(n1)-c1cc(C)ccc1N(C)S2(=O)=O. The second-order valence-corrected chi connectivity index (χ2v) is 9.78. The third kappa shape index (κ3) is 3.96. The predicted molar refractivity (Wildman–Crippen MR) is 120 cm³/mol. The fourth-order valence-electron chi connectivity index (χ4n) is 3.26. The van der Waals surface area contributed by atoms with Gasteiger partial charge >= 0.3 is 0 Å². The third-order valence-electron chi connectivity index (χ3n) is 4.83. The van der Waals surface area contributed by atoms with Crippen molar-refractivity contribution in [1.29, 1.82) is 0 Å². The molecule has 0 saturated carbocycles. The number of para-hydroxylation sites is 2. The number of nitrogens with one attached hydrogen (secondary N) is 1. The van der Waals surface area contributed by atoms with Crippen LogP contribution in [0.4, 0.5) is 11.4 Å². The lowest BCUT2D eigenvalue weighted by Gasteiger charge is -2.28. The molecule has 160 valence electrons. The van der Waals surface area contributed by atoms with E-state index >= 15 is 0 Å². The number of fused-ring (bicyclic) bond motifs is 3. The molecule has 0 saturated heterocycles. The van der Waals surface area contributed by atoms with Gasteiger partial charge in [-0.1, -0.05) is 35.5 Å². The quantitative estimate of drug-likeness (QED) is 0.464. The highest BCUT2D eigenvalue weighted by Crippen LogP contribution is 2.41. The lowest BCUT2D eigenvalue weighted by atomic mass is 10.1. The summed E-state index contributed by atoms with van der Waals surface area (Å²) >= 11 is 1.13. The number of methoxy groups -OCH3 is 1. The summed E-state index contributed by atoms with van der Waals surface area (Å²) in [7, 11) is -0.693. The van der Waals surface area contributed by atoms with Crippen molar-refractivity contribution in [2.24, 2.45) is 0 Å². The Morgan fingerprint density at radius 2 is 2.00 bits per heavy atom. The van der Waals surface area contributed by atoms with Crippen molar-refractivity contribution >= 4 is 39.1 Å². The topological polar surface area (TPSA) is 101 Å². The van der Waals surface area contributed by atoms with Crippen molar-refractivity contribution < 1.29 is 17.9 Å². The first-order valence-corrected chi connectivity index (χ1v) is 11.8. The van der Waals surface area contributed by atoms with E-state index < -0.39 is 10.0 Å². The molecule has 0 spiro atoms. The molecular weight excluding hydrogens is 436 g/mol. The number of anilines is 2. The van der Waals surface area contributed by atoms with Gasteiger partial charge in [0.2, 0.25) is 5.91 Å². The number of sulfonamides is 1. The van der Waals surface area contributed by atoms with Crippen molar-refractivity contribution in [3.05, 3.63) is 54.2 Å². The predicted octanol–water partition coefficient (Wildman–Crippen LogP) is 3.33. The van der Waals surface area contributed by atoms with Gasteiger partial charge in [0.1, 0.15) is 10.6 Å². The number of carbonyl (C=O) groups is 1. The Kier molecular flexibility index (Phi) is 5.59. The first-order valence-electron chi connectivity index (χ1n) is 9.34. The molecule has 0 fully saturated rings. The molecule has 1 aliphatic rings. The van der Waals surface area contributed by atoms with Crippen LogP contribution in [0, 0.1) is 6.92 Å². The lowest BCUT2D eigenvalue weighted by Crippen LogP contribution is -2.31. The van der Waals surface area contributed by atoms with Crippen LogP contribution in [0.25, 0.3) is 11.3 Å². The summed E-state index contributed by atoms with van der Waals surface area (Å²) in [6.07, 6.45) is 1.31. The number of aryl methyl sites for hydroxylation is 1. The maximum Gasteiger partial charge on any atom is 0.267 e. The van der Waals surface area contributed by atoms with E-state index in [1.54, 1.807) is 24.3 Å². The van der Waals surface area contributed by atoms with Crippen molar-refractivity contribution in [2.75, 3.05) is 29.5 Å². The minimum Gasteiger partial charge on any atom is -0.495 e. The van der Waals surface area contributed by atoms with Crippen LogP contribution in [-0.4, -0.2) is 44.2 Å². The number of rotatable bonds is 5. The minimum absolute atomic E-state index is 0.0518. The molecule has 1 aromatic heterocycles. The Morgan fingerprint density at radius 1 is 1.23 bits per heavy atom. The molecule has 1 amide bonds. The Balaban J connectivity index is 1.59. The largest absolute Gasteiger partial charge is 0.495 e. The number of hydrogen-bond donors (Lipinski definition) is 1. The van der Waals surface area contributed by atoms with E-state index in [2.05, 4.69) is 15.3 Å². The average molecular weight is 457 g/mol. The Bertz CT molecular complexity index is 1280. The van der Waals surface area contributed by atoms with Crippen LogP contribution in [0.15, 0.2) is 58.7 Å². The lowest BCUT2D eigenvalue weighted by molar-refractivity contribution is -0.113. The number of ether oxygens (including phenoxy) is 1. The standard InChI is InChI=1S/C21H20N4O4S2/c1-13-8-9-16-14(10-13)20-18(31(27,28)25(16)2)11-22-21(24-20)30-12-19(26)23-15-6-4-5-7-17(15)29-3/h4-11H,12H2,1-3H3,(H,23,26). The highest BCUT2D eigenvalue weighted by molar-refractivity contribution is 7.99. The number of amides is 1. The van der Waals surface area contributed by atoms with Gasteiger partial charge in [0.25, 0.3) is 10.0 Å². The summed E-state index contributed by atoms with van der Waals surface area (Å²) in [5.41, 5.74) is 3.18. The molecule has 2 heterocycles. The van der Waals surface area contributed by atoms with Crippen LogP contribution in [0.2, 0.25) is 0 Å². The summed E-state index contributed by atoms with van der Waals surface area (Å²) < 4.78 is 32.2. The zero-order valence-electron chi connectivity index (χ0n) is 17.1. The zero-order valence-corrected chi connectivity index (χ0v) is 18.8. The molecule has 2 aromatic carbocycles. The van der Waals surface area contributed by atoms with Crippen LogP contribution in [-0.2, 0) is 14.8 Å². The van der Waals surface area contributed by atoms with Gasteiger partial charge in [-0.2, -0.15) is 0 Å². The summed E-state index contributed by atoms with van der Waals surface area (Å²) in [6, 6.07) is 12.6. The van der Waals surface area contributed by atoms with Gasteiger partial charge in [0.05, 0.1) is 36.1 Å². The molecule has 0 bridgehead atoms. The number of benzene rings is 2. The Labute approximate surface area is 184 Å². The van der Waals surface area contributed by atoms with Gasteiger partial charge in [-0.25, -0.2) is 18.4 Å².